The summed E-state index contributed by atoms with van der Waals surface area (Å²) in [4.78, 5) is 23.6. The molecule has 3 N–H and O–H groups in total. The highest BCUT2D eigenvalue weighted by atomic mass is 19.1. The lowest BCUT2D eigenvalue weighted by atomic mass is 10.2. The van der Waals surface area contributed by atoms with E-state index < -0.39 is 17.6 Å². The molecule has 0 radical (unpaired) electrons. The van der Waals surface area contributed by atoms with Gasteiger partial charge in [-0.25, -0.2) is 4.39 Å². The van der Waals surface area contributed by atoms with E-state index in [0.29, 0.717) is 5.92 Å². The van der Waals surface area contributed by atoms with E-state index >= 15 is 0 Å². The Morgan fingerprint density at radius 2 is 1.90 bits per heavy atom. The summed E-state index contributed by atoms with van der Waals surface area (Å²) in [6.07, 6.45) is 2.18. The monoisotopic (exact) mass is 288 g/mol. The van der Waals surface area contributed by atoms with Crippen LogP contribution in [0, 0.1) is 5.82 Å². The number of benzene rings is 1. The number of hydrazine groups is 1. The van der Waals surface area contributed by atoms with Gasteiger partial charge in [-0.3, -0.25) is 25.5 Å². The van der Waals surface area contributed by atoms with Gasteiger partial charge in [0.25, 0.3) is 11.8 Å². The van der Waals surface area contributed by atoms with E-state index in [0.717, 1.165) is 18.5 Å². The van der Waals surface area contributed by atoms with E-state index in [1.807, 2.05) is 0 Å². The van der Waals surface area contributed by atoms with Gasteiger partial charge < -0.3 is 0 Å². The van der Waals surface area contributed by atoms with Gasteiger partial charge in [-0.15, -0.1) is 0 Å². The first-order valence-corrected chi connectivity index (χ1v) is 6.55. The predicted molar refractivity (Wildman–Crippen MR) is 71.9 cm³/mol. The molecule has 0 unspecified atom stereocenters. The summed E-state index contributed by atoms with van der Waals surface area (Å²) in [5.41, 5.74) is 5.33. The SMILES string of the molecule is O=C(NNC(=O)c1ccccc1F)c1cc(C2CC2)[nH]n1. The largest absolute Gasteiger partial charge is 0.290 e. The maximum absolute atomic E-state index is 13.4. The van der Waals surface area contributed by atoms with Crippen molar-refractivity contribution in [2.75, 3.05) is 0 Å². The predicted octanol–water partition coefficient (Wildman–Crippen LogP) is 1.50. The van der Waals surface area contributed by atoms with Crippen LogP contribution < -0.4 is 10.9 Å². The highest BCUT2D eigenvalue weighted by molar-refractivity contribution is 5.98. The first-order valence-electron chi connectivity index (χ1n) is 6.55. The molecule has 21 heavy (non-hydrogen) atoms. The average molecular weight is 288 g/mol. The van der Waals surface area contributed by atoms with Gasteiger partial charge in [-0.05, 0) is 31.0 Å². The fraction of sp³-hybridized carbons (Fsp3) is 0.214. The Bertz CT molecular complexity index is 694. The molecule has 1 aromatic heterocycles. The standard InChI is InChI=1S/C14H13FN4O2/c15-10-4-2-1-3-9(10)13(20)18-19-14(21)12-7-11(16-17-12)8-5-6-8/h1-4,7-8H,5-6H2,(H,16,17)(H,18,20)(H,19,21). The summed E-state index contributed by atoms with van der Waals surface area (Å²) >= 11 is 0. The van der Waals surface area contributed by atoms with Gasteiger partial charge in [0.15, 0.2) is 5.69 Å². The van der Waals surface area contributed by atoms with Crippen LogP contribution in [0.5, 0.6) is 0 Å². The maximum Gasteiger partial charge on any atom is 0.290 e. The molecule has 108 valence electrons. The Kier molecular flexibility index (Phi) is 3.39. The van der Waals surface area contributed by atoms with Gasteiger partial charge in [0.05, 0.1) is 5.56 Å². The zero-order valence-electron chi connectivity index (χ0n) is 11.0. The van der Waals surface area contributed by atoms with Gasteiger partial charge in [0.1, 0.15) is 5.82 Å². The smallest absolute Gasteiger partial charge is 0.281 e. The summed E-state index contributed by atoms with van der Waals surface area (Å²) in [7, 11) is 0. The zero-order valence-corrected chi connectivity index (χ0v) is 11.0. The van der Waals surface area contributed by atoms with Crippen LogP contribution in [0.25, 0.3) is 0 Å². The molecular weight excluding hydrogens is 275 g/mol. The molecule has 6 nitrogen and oxygen atoms in total. The van der Waals surface area contributed by atoms with Gasteiger partial charge >= 0.3 is 0 Å². The summed E-state index contributed by atoms with van der Waals surface area (Å²) in [5.74, 6) is -1.48. The van der Waals surface area contributed by atoms with Gasteiger partial charge in [-0.1, -0.05) is 12.1 Å². The molecule has 2 aromatic rings. The van der Waals surface area contributed by atoms with Crippen molar-refractivity contribution in [1.29, 1.82) is 0 Å². The number of carbonyl (C=O) groups is 2. The van der Waals surface area contributed by atoms with E-state index in [1.165, 1.54) is 24.3 Å². The first kappa shape index (κ1) is 13.3. The normalized spacial score (nSPS) is 13.8. The van der Waals surface area contributed by atoms with Crippen molar-refractivity contribution >= 4 is 11.8 Å². The van der Waals surface area contributed by atoms with Crippen LogP contribution in [0.1, 0.15) is 45.3 Å². The van der Waals surface area contributed by atoms with Crippen LogP contribution in [-0.2, 0) is 0 Å². The number of rotatable bonds is 3. The number of H-pyrrole nitrogens is 1. The quantitative estimate of drug-likeness (QED) is 0.748. The summed E-state index contributed by atoms with van der Waals surface area (Å²) in [6.45, 7) is 0. The van der Waals surface area contributed by atoms with Gasteiger partial charge in [-0.2, -0.15) is 5.10 Å². The van der Waals surface area contributed by atoms with Crippen molar-refractivity contribution < 1.29 is 14.0 Å². The van der Waals surface area contributed by atoms with Crippen LogP contribution >= 0.6 is 0 Å². The molecule has 1 aliphatic rings. The molecule has 7 heteroatoms. The lowest BCUT2D eigenvalue weighted by Crippen LogP contribution is -2.42. The number of halogens is 1. The summed E-state index contributed by atoms with van der Waals surface area (Å²) in [5, 5.41) is 6.68. The number of nitrogens with one attached hydrogen (secondary N) is 3. The van der Waals surface area contributed by atoms with Crippen LogP contribution in [-0.4, -0.2) is 22.0 Å². The maximum atomic E-state index is 13.4. The van der Waals surface area contributed by atoms with Crippen LogP contribution in [0.4, 0.5) is 4.39 Å². The molecule has 0 aliphatic heterocycles. The van der Waals surface area contributed by atoms with E-state index in [4.69, 9.17) is 0 Å². The number of aromatic amines is 1. The molecule has 0 bridgehead atoms. The third-order valence-electron chi connectivity index (χ3n) is 3.26. The third kappa shape index (κ3) is 2.91. The minimum Gasteiger partial charge on any atom is -0.281 e. The number of carbonyl (C=O) groups excluding carboxylic acids is 2. The van der Waals surface area contributed by atoms with E-state index in [9.17, 15) is 14.0 Å². The molecule has 1 fully saturated rings. The number of nitrogens with zero attached hydrogens (tertiary/aromatic N) is 1. The Morgan fingerprint density at radius 3 is 2.62 bits per heavy atom. The van der Waals surface area contributed by atoms with E-state index in [1.54, 1.807) is 6.07 Å². The van der Waals surface area contributed by atoms with E-state index in [-0.39, 0.29) is 11.3 Å². The highest BCUT2D eigenvalue weighted by Gasteiger charge is 2.26. The molecule has 2 amide bonds. The van der Waals surface area contributed by atoms with Crippen molar-refractivity contribution in [3.8, 4) is 0 Å². The Morgan fingerprint density at radius 1 is 1.19 bits per heavy atom. The Balaban J connectivity index is 1.60. The minimum absolute atomic E-state index is 0.140. The molecule has 1 aliphatic carbocycles. The topological polar surface area (TPSA) is 86.9 Å². The molecular formula is C14H13FN4O2. The van der Waals surface area contributed by atoms with Crippen molar-refractivity contribution in [1.82, 2.24) is 21.0 Å². The fourth-order valence-electron chi connectivity index (χ4n) is 1.95. The lowest BCUT2D eigenvalue weighted by molar-refractivity contribution is 0.0841. The highest BCUT2D eigenvalue weighted by Crippen LogP contribution is 2.38. The van der Waals surface area contributed by atoms with Crippen molar-refractivity contribution in [2.24, 2.45) is 0 Å². The van der Waals surface area contributed by atoms with Crippen LogP contribution in [0.15, 0.2) is 30.3 Å². The number of hydrogen-bond donors (Lipinski definition) is 3. The van der Waals surface area contributed by atoms with Gasteiger partial charge in [0, 0.05) is 11.6 Å². The molecule has 1 aromatic carbocycles. The van der Waals surface area contributed by atoms with Crippen LogP contribution in [0.3, 0.4) is 0 Å². The molecule has 1 heterocycles. The minimum atomic E-state index is -0.723. The van der Waals surface area contributed by atoms with Crippen molar-refractivity contribution in [2.45, 2.75) is 18.8 Å². The molecule has 0 atom stereocenters. The van der Waals surface area contributed by atoms with Crippen molar-refractivity contribution in [3.63, 3.8) is 0 Å². The first-order chi connectivity index (χ1) is 10.1. The number of aromatic nitrogens is 2. The Labute approximate surface area is 119 Å². The number of amides is 2. The second-order valence-corrected chi connectivity index (χ2v) is 4.87. The summed E-state index contributed by atoms with van der Waals surface area (Å²) in [6, 6.07) is 7.18. The van der Waals surface area contributed by atoms with Gasteiger partial charge in [0.2, 0.25) is 0 Å². The van der Waals surface area contributed by atoms with Crippen molar-refractivity contribution in [3.05, 3.63) is 53.1 Å². The average Bonchev–Trinajstić information content (AvgIpc) is 3.22. The second-order valence-electron chi connectivity index (χ2n) is 4.87. The fourth-order valence-corrected chi connectivity index (χ4v) is 1.95. The Hall–Kier alpha value is -2.70. The molecule has 3 rings (SSSR count). The number of hydrogen-bond acceptors (Lipinski definition) is 3. The van der Waals surface area contributed by atoms with E-state index in [2.05, 4.69) is 21.0 Å². The van der Waals surface area contributed by atoms with Crippen LogP contribution in [0.2, 0.25) is 0 Å². The lowest BCUT2D eigenvalue weighted by Gasteiger charge is -2.06. The molecule has 0 spiro atoms. The summed E-state index contributed by atoms with van der Waals surface area (Å²) < 4.78 is 13.4. The molecule has 0 saturated heterocycles. The zero-order chi connectivity index (χ0) is 14.8. The molecule has 1 saturated carbocycles. The second kappa shape index (κ2) is 5.35. The third-order valence-corrected chi connectivity index (χ3v) is 3.26.